The van der Waals surface area contributed by atoms with Crippen molar-refractivity contribution in [1.82, 2.24) is 14.8 Å². The molecule has 0 atom stereocenters. The molecule has 0 aliphatic rings. The molecule has 1 amide bonds. The minimum absolute atomic E-state index is 0.111. The molecule has 0 spiro atoms. The van der Waals surface area contributed by atoms with Crippen molar-refractivity contribution in [3.63, 3.8) is 0 Å². The summed E-state index contributed by atoms with van der Waals surface area (Å²) in [4.78, 5) is 13.5. The van der Waals surface area contributed by atoms with E-state index in [9.17, 15) is 4.79 Å². The Morgan fingerprint density at radius 3 is 2.67 bits per heavy atom. The van der Waals surface area contributed by atoms with Gasteiger partial charge in [-0.1, -0.05) is 0 Å². The average molecular weight is 251 g/mol. The lowest BCUT2D eigenvalue weighted by Gasteiger charge is -2.20. The Balaban J connectivity index is 2.51. The largest absolute Gasteiger partial charge is 0.345 e. The number of likely N-dealkylation sites (N-methyl/N-ethyl adjacent to an activating group) is 1. The Hall–Kier alpha value is -1.29. The monoisotopic (exact) mass is 251 g/mol. The molecule has 0 radical (unpaired) electrons. The maximum absolute atomic E-state index is 11.8. The Kier molecular flexibility index (Phi) is 4.96. The molecule has 1 N–H and O–H groups in total. The summed E-state index contributed by atoms with van der Waals surface area (Å²) in [5, 5.41) is 3.43. The standard InChI is InChI=1S/C14H25N3O/c1-6-16(5)13(18)11-17-8-7-12(10-17)9-15-14(2,3)4/h7-8,10,15H,6,9,11H2,1-5H3. The molecule has 1 aromatic rings. The van der Waals surface area contributed by atoms with Gasteiger partial charge in [0.15, 0.2) is 0 Å². The Morgan fingerprint density at radius 1 is 1.44 bits per heavy atom. The summed E-state index contributed by atoms with van der Waals surface area (Å²) in [6, 6.07) is 2.05. The maximum atomic E-state index is 11.8. The zero-order valence-corrected chi connectivity index (χ0v) is 12.2. The summed E-state index contributed by atoms with van der Waals surface area (Å²) in [5.41, 5.74) is 1.32. The van der Waals surface area contributed by atoms with Gasteiger partial charge in [-0.05, 0) is 39.3 Å². The van der Waals surface area contributed by atoms with Gasteiger partial charge in [-0.25, -0.2) is 0 Å². The van der Waals surface area contributed by atoms with Gasteiger partial charge in [0.2, 0.25) is 5.91 Å². The quantitative estimate of drug-likeness (QED) is 0.867. The Morgan fingerprint density at radius 2 is 2.11 bits per heavy atom. The van der Waals surface area contributed by atoms with Crippen LogP contribution in [0.15, 0.2) is 18.5 Å². The molecule has 4 heteroatoms. The van der Waals surface area contributed by atoms with Crippen molar-refractivity contribution in [2.75, 3.05) is 13.6 Å². The zero-order valence-electron chi connectivity index (χ0n) is 12.2. The SMILES string of the molecule is CCN(C)C(=O)Cn1ccc(CNC(C)(C)C)c1. The van der Waals surface area contributed by atoms with Crippen LogP contribution in [0.5, 0.6) is 0 Å². The Labute approximate surface area is 110 Å². The van der Waals surface area contributed by atoms with E-state index in [2.05, 4.69) is 32.2 Å². The summed E-state index contributed by atoms with van der Waals surface area (Å²) in [6.07, 6.45) is 3.99. The Bertz CT molecular complexity index is 390. The van der Waals surface area contributed by atoms with Crippen LogP contribution in [0, 0.1) is 0 Å². The van der Waals surface area contributed by atoms with E-state index >= 15 is 0 Å². The first-order valence-corrected chi connectivity index (χ1v) is 6.45. The molecule has 0 saturated heterocycles. The summed E-state index contributed by atoms with van der Waals surface area (Å²) >= 11 is 0. The fourth-order valence-corrected chi connectivity index (χ4v) is 1.51. The van der Waals surface area contributed by atoms with E-state index in [0.717, 1.165) is 13.1 Å². The van der Waals surface area contributed by atoms with Crippen LogP contribution in [-0.4, -0.2) is 34.5 Å². The van der Waals surface area contributed by atoms with Crippen LogP contribution in [0.25, 0.3) is 0 Å². The summed E-state index contributed by atoms with van der Waals surface area (Å²) in [7, 11) is 1.83. The van der Waals surface area contributed by atoms with Gasteiger partial charge in [0, 0.05) is 38.1 Å². The maximum Gasteiger partial charge on any atom is 0.242 e. The van der Waals surface area contributed by atoms with Crippen LogP contribution in [-0.2, 0) is 17.9 Å². The van der Waals surface area contributed by atoms with Crippen LogP contribution in [0.2, 0.25) is 0 Å². The molecule has 0 unspecified atom stereocenters. The minimum atomic E-state index is 0.111. The molecule has 0 bridgehead atoms. The molecule has 18 heavy (non-hydrogen) atoms. The second-order valence-corrected chi connectivity index (χ2v) is 5.70. The number of hydrogen-bond acceptors (Lipinski definition) is 2. The zero-order chi connectivity index (χ0) is 13.8. The number of nitrogens with zero attached hydrogens (tertiary/aromatic N) is 2. The van der Waals surface area contributed by atoms with Crippen molar-refractivity contribution in [1.29, 1.82) is 0 Å². The van der Waals surface area contributed by atoms with Crippen molar-refractivity contribution in [3.8, 4) is 0 Å². The number of hydrogen-bond donors (Lipinski definition) is 1. The van der Waals surface area contributed by atoms with Crippen molar-refractivity contribution >= 4 is 5.91 Å². The number of carbonyl (C=O) groups excluding carboxylic acids is 1. The van der Waals surface area contributed by atoms with Crippen molar-refractivity contribution in [3.05, 3.63) is 24.0 Å². The first-order chi connectivity index (χ1) is 8.31. The highest BCUT2D eigenvalue weighted by Crippen LogP contribution is 2.05. The lowest BCUT2D eigenvalue weighted by atomic mass is 10.1. The molecule has 1 heterocycles. The van der Waals surface area contributed by atoms with Gasteiger partial charge in [-0.3, -0.25) is 4.79 Å². The van der Waals surface area contributed by atoms with E-state index in [1.54, 1.807) is 4.90 Å². The normalized spacial score (nSPS) is 11.6. The third-order valence-corrected chi connectivity index (χ3v) is 2.85. The highest BCUT2D eigenvalue weighted by molar-refractivity contribution is 5.75. The second-order valence-electron chi connectivity index (χ2n) is 5.70. The van der Waals surface area contributed by atoms with Crippen LogP contribution >= 0.6 is 0 Å². The van der Waals surface area contributed by atoms with E-state index in [0.29, 0.717) is 6.54 Å². The summed E-state index contributed by atoms with van der Waals surface area (Å²) < 4.78 is 1.94. The summed E-state index contributed by atoms with van der Waals surface area (Å²) in [5.74, 6) is 0.142. The molecule has 0 aliphatic heterocycles. The fraction of sp³-hybridized carbons (Fsp3) is 0.643. The first kappa shape index (κ1) is 14.8. The van der Waals surface area contributed by atoms with E-state index in [1.807, 2.05) is 30.9 Å². The van der Waals surface area contributed by atoms with Gasteiger partial charge in [0.05, 0.1) is 0 Å². The van der Waals surface area contributed by atoms with Crippen LogP contribution in [0.1, 0.15) is 33.3 Å². The van der Waals surface area contributed by atoms with E-state index in [-0.39, 0.29) is 11.4 Å². The highest BCUT2D eigenvalue weighted by Gasteiger charge is 2.10. The molecule has 1 rings (SSSR count). The molecule has 0 aromatic carbocycles. The molecular formula is C14H25N3O. The number of carbonyl (C=O) groups is 1. The smallest absolute Gasteiger partial charge is 0.242 e. The van der Waals surface area contributed by atoms with E-state index in [1.165, 1.54) is 5.56 Å². The van der Waals surface area contributed by atoms with Gasteiger partial charge in [0.25, 0.3) is 0 Å². The molecule has 4 nitrogen and oxygen atoms in total. The van der Waals surface area contributed by atoms with Gasteiger partial charge >= 0.3 is 0 Å². The van der Waals surface area contributed by atoms with E-state index in [4.69, 9.17) is 0 Å². The lowest BCUT2D eigenvalue weighted by molar-refractivity contribution is -0.130. The number of rotatable bonds is 5. The average Bonchev–Trinajstić information content (AvgIpc) is 2.72. The van der Waals surface area contributed by atoms with Gasteiger partial charge < -0.3 is 14.8 Å². The molecule has 102 valence electrons. The lowest BCUT2D eigenvalue weighted by Crippen LogP contribution is -2.34. The molecule has 0 fully saturated rings. The number of aromatic nitrogens is 1. The van der Waals surface area contributed by atoms with Crippen LogP contribution < -0.4 is 5.32 Å². The third-order valence-electron chi connectivity index (χ3n) is 2.85. The molecule has 1 aromatic heterocycles. The number of nitrogens with one attached hydrogen (secondary N) is 1. The highest BCUT2D eigenvalue weighted by atomic mass is 16.2. The van der Waals surface area contributed by atoms with Crippen molar-refractivity contribution in [2.45, 2.75) is 46.3 Å². The predicted molar refractivity (Wildman–Crippen MR) is 74.3 cm³/mol. The minimum Gasteiger partial charge on any atom is -0.345 e. The first-order valence-electron chi connectivity index (χ1n) is 6.45. The van der Waals surface area contributed by atoms with E-state index < -0.39 is 0 Å². The van der Waals surface area contributed by atoms with Crippen LogP contribution in [0.3, 0.4) is 0 Å². The summed E-state index contributed by atoms with van der Waals surface area (Å²) in [6.45, 7) is 10.4. The fourth-order valence-electron chi connectivity index (χ4n) is 1.51. The van der Waals surface area contributed by atoms with Gasteiger partial charge in [-0.15, -0.1) is 0 Å². The van der Waals surface area contributed by atoms with Gasteiger partial charge in [0.1, 0.15) is 6.54 Å². The van der Waals surface area contributed by atoms with Crippen molar-refractivity contribution in [2.24, 2.45) is 0 Å². The van der Waals surface area contributed by atoms with Gasteiger partial charge in [-0.2, -0.15) is 0 Å². The molecule has 0 aliphatic carbocycles. The van der Waals surface area contributed by atoms with Crippen molar-refractivity contribution < 1.29 is 4.79 Å². The third kappa shape index (κ3) is 4.92. The molecular weight excluding hydrogens is 226 g/mol. The van der Waals surface area contributed by atoms with Crippen LogP contribution in [0.4, 0.5) is 0 Å². The number of amides is 1. The predicted octanol–water partition coefficient (Wildman–Crippen LogP) is 1.85. The second kappa shape index (κ2) is 6.05. The topological polar surface area (TPSA) is 37.3 Å². The molecule has 0 saturated carbocycles.